The minimum atomic E-state index is -0.573. The number of hydrogen-bond acceptors (Lipinski definition) is 5. The van der Waals surface area contributed by atoms with Gasteiger partial charge in [0.05, 0.1) is 19.5 Å². The molecule has 0 saturated carbocycles. The minimum absolute atomic E-state index is 0.108. The van der Waals surface area contributed by atoms with Crippen molar-refractivity contribution in [3.8, 4) is 0 Å². The highest BCUT2D eigenvalue weighted by atomic mass is 16.7. The third-order valence-electron chi connectivity index (χ3n) is 2.49. The van der Waals surface area contributed by atoms with Crippen LogP contribution in [0, 0.1) is 0 Å². The van der Waals surface area contributed by atoms with E-state index in [-0.39, 0.29) is 12.3 Å². The Kier molecular flexibility index (Phi) is 4.33. The molecule has 0 amide bonds. The van der Waals surface area contributed by atoms with Crippen molar-refractivity contribution >= 4 is 5.97 Å². The Labute approximate surface area is 94.3 Å². The highest BCUT2D eigenvalue weighted by Crippen LogP contribution is 2.13. The molecule has 2 aliphatic rings. The smallest absolute Gasteiger partial charge is 0.344 e. The number of hydrogen-bond donors (Lipinski definition) is 0. The van der Waals surface area contributed by atoms with Crippen LogP contribution in [-0.4, -0.2) is 38.2 Å². The van der Waals surface area contributed by atoms with Gasteiger partial charge in [0.25, 0.3) is 0 Å². The molecule has 0 N–H and O–H groups in total. The van der Waals surface area contributed by atoms with Crippen molar-refractivity contribution in [2.45, 2.75) is 31.7 Å². The average molecular weight is 228 g/mol. The van der Waals surface area contributed by atoms with E-state index < -0.39 is 6.10 Å². The fourth-order valence-corrected chi connectivity index (χ4v) is 1.64. The molecule has 2 rings (SSSR count). The van der Waals surface area contributed by atoms with Crippen LogP contribution in [0.3, 0.4) is 0 Å². The molecule has 1 fully saturated rings. The Bertz CT molecular complexity index is 257. The second kappa shape index (κ2) is 5.98. The minimum Gasteiger partial charge on any atom is -0.433 e. The van der Waals surface area contributed by atoms with Gasteiger partial charge in [0, 0.05) is 6.61 Å². The van der Waals surface area contributed by atoms with Crippen molar-refractivity contribution in [3.05, 3.63) is 12.3 Å². The fraction of sp³-hybridized carbons (Fsp3) is 0.727. The van der Waals surface area contributed by atoms with Crippen LogP contribution in [0.1, 0.15) is 19.3 Å². The van der Waals surface area contributed by atoms with E-state index in [4.69, 9.17) is 14.2 Å². The van der Waals surface area contributed by atoms with E-state index in [0.717, 1.165) is 25.9 Å². The molecule has 0 aromatic heterocycles. The topological polar surface area (TPSA) is 54.0 Å². The van der Waals surface area contributed by atoms with Crippen molar-refractivity contribution in [3.63, 3.8) is 0 Å². The highest BCUT2D eigenvalue weighted by Gasteiger charge is 2.22. The van der Waals surface area contributed by atoms with E-state index in [1.807, 2.05) is 0 Å². The second-order valence-electron chi connectivity index (χ2n) is 3.72. The monoisotopic (exact) mass is 228 g/mol. The summed E-state index contributed by atoms with van der Waals surface area (Å²) in [7, 11) is 0. The van der Waals surface area contributed by atoms with Gasteiger partial charge in [-0.15, -0.1) is 0 Å². The molecule has 1 saturated heterocycles. The molecule has 0 aromatic rings. The maximum Gasteiger partial charge on any atom is 0.344 e. The van der Waals surface area contributed by atoms with Gasteiger partial charge in [-0.1, -0.05) is 0 Å². The summed E-state index contributed by atoms with van der Waals surface area (Å²) in [5.41, 5.74) is 0. The Hall–Kier alpha value is -0.910. The summed E-state index contributed by atoms with van der Waals surface area (Å²) in [5.74, 6) is -0.367. The van der Waals surface area contributed by atoms with Crippen LogP contribution >= 0.6 is 0 Å². The highest BCUT2D eigenvalue weighted by molar-refractivity contribution is 5.79. The van der Waals surface area contributed by atoms with Gasteiger partial charge in [-0.2, -0.15) is 0 Å². The van der Waals surface area contributed by atoms with Gasteiger partial charge >= 0.3 is 5.97 Å². The first kappa shape index (κ1) is 11.6. The maximum atomic E-state index is 11.0. The normalized spacial score (nSPS) is 29.4. The van der Waals surface area contributed by atoms with Crippen LogP contribution in [-0.2, 0) is 23.7 Å². The lowest BCUT2D eigenvalue weighted by atomic mass is 10.2. The van der Waals surface area contributed by atoms with Gasteiger partial charge in [0.15, 0.2) is 12.4 Å². The van der Waals surface area contributed by atoms with Crippen LogP contribution in [0.5, 0.6) is 0 Å². The molecule has 5 heteroatoms. The number of rotatable bonds is 5. The standard InChI is InChI=1S/C11H16O5/c12-11-9(4-6-16-11)13-7-8-15-10-3-1-2-5-14-10/h4,6,9-10H,1-3,5,7-8H2. The number of ether oxygens (including phenoxy) is 4. The second-order valence-corrected chi connectivity index (χ2v) is 3.72. The Morgan fingerprint density at radius 1 is 1.31 bits per heavy atom. The lowest BCUT2D eigenvalue weighted by Gasteiger charge is -2.22. The van der Waals surface area contributed by atoms with E-state index in [1.54, 1.807) is 6.08 Å². The number of cyclic esters (lactones) is 1. The summed E-state index contributed by atoms with van der Waals surface area (Å²) >= 11 is 0. The van der Waals surface area contributed by atoms with Gasteiger partial charge < -0.3 is 18.9 Å². The molecule has 2 heterocycles. The molecule has 90 valence electrons. The Morgan fingerprint density at radius 3 is 2.88 bits per heavy atom. The van der Waals surface area contributed by atoms with E-state index in [0.29, 0.717) is 13.2 Å². The molecule has 5 nitrogen and oxygen atoms in total. The van der Waals surface area contributed by atoms with Crippen LogP contribution in [0.2, 0.25) is 0 Å². The molecule has 2 aliphatic heterocycles. The first-order valence-corrected chi connectivity index (χ1v) is 5.58. The van der Waals surface area contributed by atoms with Gasteiger partial charge in [-0.05, 0) is 25.3 Å². The largest absolute Gasteiger partial charge is 0.433 e. The number of carbonyl (C=O) groups excluding carboxylic acids is 1. The summed E-state index contributed by atoms with van der Waals surface area (Å²) in [6.45, 7) is 1.56. The van der Waals surface area contributed by atoms with Gasteiger partial charge in [0.1, 0.15) is 0 Å². The van der Waals surface area contributed by atoms with Gasteiger partial charge in [-0.25, -0.2) is 4.79 Å². The zero-order chi connectivity index (χ0) is 11.2. The van der Waals surface area contributed by atoms with E-state index in [9.17, 15) is 4.79 Å². The quantitative estimate of drug-likeness (QED) is 0.518. The van der Waals surface area contributed by atoms with Crippen molar-refractivity contribution in [1.29, 1.82) is 0 Å². The summed E-state index contributed by atoms with van der Waals surface area (Å²) in [6.07, 6.45) is 5.43. The van der Waals surface area contributed by atoms with E-state index in [2.05, 4.69) is 4.74 Å². The van der Waals surface area contributed by atoms with Crippen LogP contribution in [0.15, 0.2) is 12.3 Å². The third-order valence-corrected chi connectivity index (χ3v) is 2.49. The Morgan fingerprint density at radius 2 is 2.19 bits per heavy atom. The Balaban J connectivity index is 1.54. The molecule has 2 atom stereocenters. The van der Waals surface area contributed by atoms with Crippen molar-refractivity contribution in [2.75, 3.05) is 19.8 Å². The SMILES string of the molecule is O=C1OC=CC1OCCOC1CCCCO1. The molecule has 0 aliphatic carbocycles. The summed E-state index contributed by atoms with van der Waals surface area (Å²) in [5, 5.41) is 0. The zero-order valence-corrected chi connectivity index (χ0v) is 9.09. The molecule has 0 bridgehead atoms. The first-order chi connectivity index (χ1) is 7.86. The summed E-state index contributed by atoms with van der Waals surface area (Å²) < 4.78 is 20.7. The summed E-state index contributed by atoms with van der Waals surface area (Å²) in [6, 6.07) is 0. The molecule has 16 heavy (non-hydrogen) atoms. The predicted octanol–water partition coefficient (Wildman–Crippen LogP) is 0.985. The van der Waals surface area contributed by atoms with Crippen molar-refractivity contribution < 1.29 is 23.7 Å². The first-order valence-electron chi connectivity index (χ1n) is 5.58. The lowest BCUT2D eigenvalue weighted by molar-refractivity contribution is -0.172. The van der Waals surface area contributed by atoms with Crippen LogP contribution in [0.25, 0.3) is 0 Å². The van der Waals surface area contributed by atoms with Gasteiger partial charge in [-0.3, -0.25) is 0 Å². The molecule has 0 spiro atoms. The molecule has 2 unspecified atom stereocenters. The van der Waals surface area contributed by atoms with E-state index in [1.165, 1.54) is 6.26 Å². The van der Waals surface area contributed by atoms with Crippen molar-refractivity contribution in [2.24, 2.45) is 0 Å². The van der Waals surface area contributed by atoms with Crippen molar-refractivity contribution in [1.82, 2.24) is 0 Å². The third kappa shape index (κ3) is 3.30. The maximum absolute atomic E-state index is 11.0. The predicted molar refractivity (Wildman–Crippen MR) is 54.5 cm³/mol. The lowest BCUT2D eigenvalue weighted by Crippen LogP contribution is -2.26. The summed E-state index contributed by atoms with van der Waals surface area (Å²) in [4.78, 5) is 11.0. The molecule has 0 radical (unpaired) electrons. The zero-order valence-electron chi connectivity index (χ0n) is 9.09. The van der Waals surface area contributed by atoms with E-state index >= 15 is 0 Å². The number of esters is 1. The van der Waals surface area contributed by atoms with Crippen LogP contribution in [0.4, 0.5) is 0 Å². The average Bonchev–Trinajstić information content (AvgIpc) is 2.72. The molecular weight excluding hydrogens is 212 g/mol. The van der Waals surface area contributed by atoms with Gasteiger partial charge in [0.2, 0.25) is 0 Å². The molecule has 0 aromatic carbocycles. The molecular formula is C11H16O5. The van der Waals surface area contributed by atoms with Crippen LogP contribution < -0.4 is 0 Å². The fourth-order valence-electron chi connectivity index (χ4n) is 1.64. The number of carbonyl (C=O) groups is 1.